The van der Waals surface area contributed by atoms with Gasteiger partial charge in [-0.2, -0.15) is 9.67 Å². The molecule has 4 aromatic rings. The number of hydrogen-bond acceptors (Lipinski definition) is 4. The molecule has 1 aromatic heterocycles. The maximum Gasteiger partial charge on any atom is 0.274 e. The summed E-state index contributed by atoms with van der Waals surface area (Å²) in [6, 6.07) is 23.5. The van der Waals surface area contributed by atoms with Gasteiger partial charge < -0.3 is 5.32 Å². The molecular weight excluding hydrogens is 391 g/mol. The fourth-order valence-electron chi connectivity index (χ4n) is 2.99. The molecule has 5 nitrogen and oxygen atoms in total. The van der Waals surface area contributed by atoms with Gasteiger partial charge in [0, 0.05) is 18.2 Å². The number of aryl methyl sites for hydroxylation is 1. The number of halogens is 1. The van der Waals surface area contributed by atoms with Crippen LogP contribution in [0.2, 0.25) is 0 Å². The average molecular weight is 412 g/mol. The van der Waals surface area contributed by atoms with Crippen LogP contribution in [0.5, 0.6) is 0 Å². The second-order valence-corrected chi connectivity index (χ2v) is 7.10. The van der Waals surface area contributed by atoms with Gasteiger partial charge in [0.1, 0.15) is 5.82 Å². The molecule has 6 heteroatoms. The first-order chi connectivity index (χ1) is 15.1. The van der Waals surface area contributed by atoms with Crippen molar-refractivity contribution in [1.82, 2.24) is 14.8 Å². The number of nitrogens with one attached hydrogen (secondary N) is 1. The van der Waals surface area contributed by atoms with Crippen molar-refractivity contribution in [2.45, 2.75) is 13.5 Å². The van der Waals surface area contributed by atoms with Gasteiger partial charge in [0.15, 0.2) is 5.82 Å². The van der Waals surface area contributed by atoms with E-state index in [4.69, 9.17) is 0 Å². The smallest absolute Gasteiger partial charge is 0.274 e. The van der Waals surface area contributed by atoms with Gasteiger partial charge in [0.2, 0.25) is 5.95 Å². The molecule has 154 valence electrons. The molecule has 0 aliphatic carbocycles. The molecule has 4 rings (SSSR count). The quantitative estimate of drug-likeness (QED) is 0.433. The molecule has 0 unspecified atom stereocenters. The van der Waals surface area contributed by atoms with E-state index in [9.17, 15) is 9.18 Å². The standard InChI is InChI=1S/C25H21FN4O/c1-18-7-12-21(13-8-18)24-28-25(27-17-20-5-3-2-4-6-20)30(29-24)23(31)16-11-19-9-14-22(26)15-10-19/h2-16H,17H2,1H3,(H,27,28,29). The molecular formula is C25H21FN4O. The van der Waals surface area contributed by atoms with Gasteiger partial charge in [-0.3, -0.25) is 4.79 Å². The number of carbonyl (C=O) groups is 1. The van der Waals surface area contributed by atoms with E-state index in [1.807, 2.05) is 61.5 Å². The van der Waals surface area contributed by atoms with E-state index in [0.717, 1.165) is 16.7 Å². The average Bonchev–Trinajstić information content (AvgIpc) is 3.23. The number of aromatic nitrogens is 3. The van der Waals surface area contributed by atoms with Gasteiger partial charge in [0.25, 0.3) is 5.91 Å². The Hall–Kier alpha value is -4.06. The molecule has 0 saturated heterocycles. The van der Waals surface area contributed by atoms with Gasteiger partial charge in [-0.15, -0.1) is 5.10 Å². The third-order valence-electron chi connectivity index (χ3n) is 4.71. The van der Waals surface area contributed by atoms with Gasteiger partial charge in [-0.05, 0) is 36.3 Å². The van der Waals surface area contributed by atoms with E-state index < -0.39 is 0 Å². The highest BCUT2D eigenvalue weighted by Crippen LogP contribution is 2.19. The maximum atomic E-state index is 13.1. The van der Waals surface area contributed by atoms with Crippen molar-refractivity contribution in [2.24, 2.45) is 0 Å². The number of nitrogens with zero attached hydrogens (tertiary/aromatic N) is 3. The van der Waals surface area contributed by atoms with Crippen molar-refractivity contribution in [3.05, 3.63) is 107 Å². The van der Waals surface area contributed by atoms with E-state index in [1.165, 1.54) is 22.9 Å². The van der Waals surface area contributed by atoms with Crippen LogP contribution in [-0.4, -0.2) is 20.7 Å². The minimum Gasteiger partial charge on any atom is -0.350 e. The van der Waals surface area contributed by atoms with E-state index in [0.29, 0.717) is 23.9 Å². The number of rotatable bonds is 6. The summed E-state index contributed by atoms with van der Waals surface area (Å²) in [4.78, 5) is 17.4. The van der Waals surface area contributed by atoms with Crippen molar-refractivity contribution < 1.29 is 9.18 Å². The largest absolute Gasteiger partial charge is 0.350 e. The van der Waals surface area contributed by atoms with Crippen LogP contribution in [0.4, 0.5) is 10.3 Å². The Labute approximate surface area is 179 Å². The molecule has 3 aromatic carbocycles. The van der Waals surface area contributed by atoms with Gasteiger partial charge in [-0.25, -0.2) is 4.39 Å². The van der Waals surface area contributed by atoms with E-state index in [1.54, 1.807) is 18.2 Å². The topological polar surface area (TPSA) is 59.8 Å². The van der Waals surface area contributed by atoms with Crippen molar-refractivity contribution in [1.29, 1.82) is 0 Å². The number of hydrogen-bond donors (Lipinski definition) is 1. The third-order valence-corrected chi connectivity index (χ3v) is 4.71. The summed E-state index contributed by atoms with van der Waals surface area (Å²) in [5, 5.41) is 7.63. The van der Waals surface area contributed by atoms with E-state index >= 15 is 0 Å². The minimum absolute atomic E-state index is 0.324. The lowest BCUT2D eigenvalue weighted by Crippen LogP contribution is -2.14. The zero-order chi connectivity index (χ0) is 21.6. The summed E-state index contributed by atoms with van der Waals surface area (Å²) in [6.07, 6.45) is 3.02. The molecule has 0 spiro atoms. The summed E-state index contributed by atoms with van der Waals surface area (Å²) in [6.45, 7) is 2.51. The third kappa shape index (κ3) is 5.11. The lowest BCUT2D eigenvalue weighted by molar-refractivity contribution is 0.0957. The van der Waals surface area contributed by atoms with Crippen molar-refractivity contribution in [3.8, 4) is 11.4 Å². The highest BCUT2D eigenvalue weighted by atomic mass is 19.1. The number of carbonyl (C=O) groups excluding carboxylic acids is 1. The van der Waals surface area contributed by atoms with Crippen molar-refractivity contribution in [2.75, 3.05) is 5.32 Å². The van der Waals surface area contributed by atoms with Gasteiger partial charge >= 0.3 is 0 Å². The maximum absolute atomic E-state index is 13.1. The first-order valence-corrected chi connectivity index (χ1v) is 9.88. The lowest BCUT2D eigenvalue weighted by atomic mass is 10.1. The Morgan fingerprint density at radius 1 is 1.00 bits per heavy atom. The van der Waals surface area contributed by atoms with Gasteiger partial charge in [0.05, 0.1) is 0 Å². The summed E-state index contributed by atoms with van der Waals surface area (Å²) in [5.41, 5.74) is 3.72. The minimum atomic E-state index is -0.356. The Morgan fingerprint density at radius 3 is 2.42 bits per heavy atom. The fourth-order valence-corrected chi connectivity index (χ4v) is 2.99. The predicted octanol–water partition coefficient (Wildman–Crippen LogP) is 5.36. The number of allylic oxidation sites excluding steroid dienone is 1. The summed E-state index contributed by atoms with van der Waals surface area (Å²) in [7, 11) is 0. The summed E-state index contributed by atoms with van der Waals surface area (Å²) < 4.78 is 14.3. The first kappa shape index (κ1) is 20.2. The zero-order valence-corrected chi connectivity index (χ0v) is 17.0. The normalized spacial score (nSPS) is 11.0. The highest BCUT2D eigenvalue weighted by Gasteiger charge is 2.15. The monoisotopic (exact) mass is 412 g/mol. The van der Waals surface area contributed by atoms with Crippen LogP contribution < -0.4 is 5.32 Å². The second-order valence-electron chi connectivity index (χ2n) is 7.10. The molecule has 0 amide bonds. The Bertz CT molecular complexity index is 1200. The van der Waals surface area contributed by atoms with Crippen LogP contribution in [0.15, 0.2) is 84.9 Å². The molecule has 31 heavy (non-hydrogen) atoms. The Kier molecular flexibility index (Phi) is 5.98. The first-order valence-electron chi connectivity index (χ1n) is 9.88. The molecule has 1 heterocycles. The number of anilines is 1. The second kappa shape index (κ2) is 9.17. The van der Waals surface area contributed by atoms with Crippen molar-refractivity contribution in [3.63, 3.8) is 0 Å². The van der Waals surface area contributed by atoms with Crippen LogP contribution in [0.3, 0.4) is 0 Å². The van der Waals surface area contributed by atoms with E-state index in [2.05, 4.69) is 15.4 Å². The van der Waals surface area contributed by atoms with Gasteiger partial charge in [-0.1, -0.05) is 72.3 Å². The van der Waals surface area contributed by atoms with Crippen molar-refractivity contribution >= 4 is 17.9 Å². The fraction of sp³-hybridized carbons (Fsp3) is 0.0800. The predicted molar refractivity (Wildman–Crippen MR) is 120 cm³/mol. The Morgan fingerprint density at radius 2 is 1.71 bits per heavy atom. The molecule has 0 bridgehead atoms. The lowest BCUT2D eigenvalue weighted by Gasteiger charge is -2.05. The molecule has 0 saturated carbocycles. The summed E-state index contributed by atoms with van der Waals surface area (Å²) in [5.74, 6) is 0.132. The molecule has 0 radical (unpaired) electrons. The van der Waals surface area contributed by atoms with Crippen LogP contribution in [0.25, 0.3) is 17.5 Å². The highest BCUT2D eigenvalue weighted by molar-refractivity contribution is 5.94. The molecule has 0 aliphatic rings. The van der Waals surface area contributed by atoms with E-state index in [-0.39, 0.29) is 11.7 Å². The molecule has 0 fully saturated rings. The van der Waals surface area contributed by atoms with Crippen LogP contribution in [0, 0.1) is 12.7 Å². The summed E-state index contributed by atoms with van der Waals surface area (Å²) >= 11 is 0. The zero-order valence-electron chi connectivity index (χ0n) is 17.0. The van der Waals surface area contributed by atoms with Crippen LogP contribution >= 0.6 is 0 Å². The SMILES string of the molecule is Cc1ccc(-c2nc(NCc3ccccc3)n(C(=O)C=Cc3ccc(F)cc3)n2)cc1. The molecule has 1 N–H and O–H groups in total. The van der Waals surface area contributed by atoms with Crippen LogP contribution in [-0.2, 0) is 6.54 Å². The Balaban J connectivity index is 1.62. The van der Waals surface area contributed by atoms with Crippen LogP contribution in [0.1, 0.15) is 21.5 Å². The number of benzene rings is 3. The molecule has 0 atom stereocenters. The molecule has 0 aliphatic heterocycles.